The van der Waals surface area contributed by atoms with Crippen LogP contribution in [0.3, 0.4) is 0 Å². The first-order chi connectivity index (χ1) is 29.6. The molecular weight excluding hydrogens is 745 g/mol. The zero-order valence-electron chi connectivity index (χ0n) is 32.4. The molecule has 0 atom stereocenters. The predicted octanol–water partition coefficient (Wildman–Crippen LogP) is 15.8. The first kappa shape index (κ1) is 37.4. The van der Waals surface area contributed by atoms with Crippen LogP contribution in [0.25, 0.3) is 22.3 Å². The van der Waals surface area contributed by atoms with E-state index >= 15 is 0 Å². The highest BCUT2D eigenvalue weighted by Crippen LogP contribution is 2.39. The molecule has 0 saturated heterocycles. The molecule has 0 bridgehead atoms. The van der Waals surface area contributed by atoms with Crippen LogP contribution in [0.2, 0.25) is 0 Å². The van der Waals surface area contributed by atoms with Crippen LogP contribution >= 0.6 is 0 Å². The third-order valence-corrected chi connectivity index (χ3v) is 9.37. The SMILES string of the molecule is c1ccc(Oc2cccc(Oc3cccc(Oc4ccc(-c5ccc(Oc6cccc(Oc7cccc(Oc8ccccc8)c7)c6)c(-c6ccccc6)c5)cc4)c3)c2)cc1. The average molecular weight is 783 g/mol. The molecule has 0 aliphatic heterocycles. The van der Waals surface area contributed by atoms with E-state index in [4.69, 9.17) is 28.4 Å². The van der Waals surface area contributed by atoms with Crippen molar-refractivity contribution in [2.75, 3.05) is 0 Å². The third-order valence-electron chi connectivity index (χ3n) is 9.37. The smallest absolute Gasteiger partial charge is 0.135 e. The van der Waals surface area contributed by atoms with Gasteiger partial charge in [0.05, 0.1) is 0 Å². The molecule has 6 nitrogen and oxygen atoms in total. The molecular formula is C54H38O6. The van der Waals surface area contributed by atoms with Crippen LogP contribution in [0.5, 0.6) is 69.0 Å². The molecule has 290 valence electrons. The molecule has 0 spiro atoms. The van der Waals surface area contributed by atoms with Crippen LogP contribution in [0.1, 0.15) is 0 Å². The van der Waals surface area contributed by atoms with Gasteiger partial charge in [-0.25, -0.2) is 0 Å². The summed E-state index contributed by atoms with van der Waals surface area (Å²) >= 11 is 0. The van der Waals surface area contributed by atoms with Crippen molar-refractivity contribution in [3.05, 3.63) is 231 Å². The zero-order chi connectivity index (χ0) is 40.4. The van der Waals surface area contributed by atoms with Gasteiger partial charge in [-0.2, -0.15) is 0 Å². The van der Waals surface area contributed by atoms with Crippen LogP contribution in [0.4, 0.5) is 0 Å². The fourth-order valence-electron chi connectivity index (χ4n) is 6.55. The van der Waals surface area contributed by atoms with E-state index in [1.54, 1.807) is 0 Å². The lowest BCUT2D eigenvalue weighted by Crippen LogP contribution is -1.91. The fraction of sp³-hybridized carbons (Fsp3) is 0. The highest BCUT2D eigenvalue weighted by molar-refractivity contribution is 5.78. The highest BCUT2D eigenvalue weighted by Gasteiger charge is 2.12. The van der Waals surface area contributed by atoms with Crippen molar-refractivity contribution < 1.29 is 28.4 Å². The fourth-order valence-corrected chi connectivity index (χ4v) is 6.55. The molecule has 0 aliphatic carbocycles. The Labute approximate surface area is 349 Å². The molecule has 9 rings (SSSR count). The molecule has 0 fully saturated rings. The third kappa shape index (κ3) is 9.65. The van der Waals surface area contributed by atoms with Gasteiger partial charge in [0.2, 0.25) is 0 Å². The van der Waals surface area contributed by atoms with E-state index < -0.39 is 0 Å². The Morgan fingerprint density at radius 3 is 0.917 bits per heavy atom. The lowest BCUT2D eigenvalue weighted by molar-refractivity contribution is 0.451. The monoisotopic (exact) mass is 782 g/mol. The van der Waals surface area contributed by atoms with E-state index in [-0.39, 0.29) is 0 Å². The van der Waals surface area contributed by atoms with E-state index in [0.29, 0.717) is 51.7 Å². The summed E-state index contributed by atoms with van der Waals surface area (Å²) in [6.45, 7) is 0. The van der Waals surface area contributed by atoms with Crippen molar-refractivity contribution in [2.24, 2.45) is 0 Å². The van der Waals surface area contributed by atoms with Gasteiger partial charge in [-0.3, -0.25) is 0 Å². The minimum atomic E-state index is 0.642. The summed E-state index contributed by atoms with van der Waals surface area (Å²) < 4.78 is 37.2. The lowest BCUT2D eigenvalue weighted by atomic mass is 9.98. The molecule has 0 aromatic heterocycles. The largest absolute Gasteiger partial charge is 0.457 e. The van der Waals surface area contributed by atoms with Gasteiger partial charge in [-0.05, 0) is 114 Å². The molecule has 9 aromatic rings. The van der Waals surface area contributed by atoms with Gasteiger partial charge in [0.25, 0.3) is 0 Å². The van der Waals surface area contributed by atoms with Crippen molar-refractivity contribution >= 4 is 0 Å². The molecule has 0 heterocycles. The quantitative estimate of drug-likeness (QED) is 0.109. The van der Waals surface area contributed by atoms with Crippen LogP contribution < -0.4 is 28.4 Å². The summed E-state index contributed by atoms with van der Waals surface area (Å²) in [4.78, 5) is 0. The number of rotatable bonds is 14. The Balaban J connectivity index is 0.884. The zero-order valence-corrected chi connectivity index (χ0v) is 32.4. The van der Waals surface area contributed by atoms with Gasteiger partial charge in [-0.1, -0.05) is 109 Å². The molecule has 0 radical (unpaired) electrons. The first-order valence-electron chi connectivity index (χ1n) is 19.5. The van der Waals surface area contributed by atoms with E-state index in [9.17, 15) is 0 Å². The van der Waals surface area contributed by atoms with E-state index in [1.165, 1.54) is 0 Å². The number of benzene rings is 9. The van der Waals surface area contributed by atoms with Crippen LogP contribution in [0.15, 0.2) is 231 Å². The number of para-hydroxylation sites is 2. The second-order valence-corrected chi connectivity index (χ2v) is 13.7. The Morgan fingerprint density at radius 2 is 0.500 bits per heavy atom. The van der Waals surface area contributed by atoms with Gasteiger partial charge in [0, 0.05) is 29.8 Å². The van der Waals surface area contributed by atoms with Crippen LogP contribution in [-0.2, 0) is 0 Å². The summed E-state index contributed by atoms with van der Waals surface area (Å²) in [5, 5.41) is 0. The number of hydrogen-bond donors (Lipinski definition) is 0. The molecule has 9 aromatic carbocycles. The standard InChI is InChI=1S/C54H38O6/c1-4-14-40(15-5-1)53-34-41(30-33-54(53)60-52-27-13-26-51(38-52)59-49-24-11-21-46(36-49)56-43-18-8-3-9-19-43)39-28-31-44(32-29-39)57-47-22-12-25-50(37-47)58-48-23-10-20-45(35-48)55-42-16-6-2-7-17-42/h1-38H. The molecule has 0 saturated carbocycles. The maximum absolute atomic E-state index is 6.56. The molecule has 0 amide bonds. The summed E-state index contributed by atoms with van der Waals surface area (Å²) in [5.41, 5.74) is 4.07. The Bertz CT molecular complexity index is 2810. The summed E-state index contributed by atoms with van der Waals surface area (Å²) in [5.74, 6) is 8.23. The van der Waals surface area contributed by atoms with Gasteiger partial charge < -0.3 is 28.4 Å². The second kappa shape index (κ2) is 17.9. The Morgan fingerprint density at radius 1 is 0.183 bits per heavy atom. The van der Waals surface area contributed by atoms with Gasteiger partial charge >= 0.3 is 0 Å². The van der Waals surface area contributed by atoms with Gasteiger partial charge in [0.15, 0.2) is 0 Å². The van der Waals surface area contributed by atoms with Crippen molar-refractivity contribution in [1.82, 2.24) is 0 Å². The second-order valence-electron chi connectivity index (χ2n) is 13.7. The number of hydrogen-bond acceptors (Lipinski definition) is 6. The summed E-state index contributed by atoms with van der Waals surface area (Å²) in [6, 6.07) is 74.1. The van der Waals surface area contributed by atoms with Crippen molar-refractivity contribution in [3.8, 4) is 91.2 Å². The molecule has 0 unspecified atom stereocenters. The average Bonchev–Trinajstić information content (AvgIpc) is 3.28. The predicted molar refractivity (Wildman–Crippen MR) is 236 cm³/mol. The van der Waals surface area contributed by atoms with E-state index in [0.717, 1.165) is 39.5 Å². The van der Waals surface area contributed by atoms with Crippen LogP contribution in [-0.4, -0.2) is 0 Å². The van der Waals surface area contributed by atoms with E-state index in [2.05, 4.69) is 36.4 Å². The van der Waals surface area contributed by atoms with Gasteiger partial charge in [0.1, 0.15) is 69.0 Å². The van der Waals surface area contributed by atoms with Crippen LogP contribution in [0, 0.1) is 0 Å². The summed E-state index contributed by atoms with van der Waals surface area (Å²) in [7, 11) is 0. The van der Waals surface area contributed by atoms with Gasteiger partial charge in [-0.15, -0.1) is 0 Å². The Kier molecular flexibility index (Phi) is 11.2. The number of ether oxygens (including phenoxy) is 6. The van der Waals surface area contributed by atoms with Crippen molar-refractivity contribution in [2.45, 2.75) is 0 Å². The molecule has 6 heteroatoms. The maximum atomic E-state index is 6.56. The Hall–Kier alpha value is -8.22. The molecule has 0 aliphatic rings. The van der Waals surface area contributed by atoms with E-state index in [1.807, 2.05) is 194 Å². The topological polar surface area (TPSA) is 55.4 Å². The van der Waals surface area contributed by atoms with Crippen molar-refractivity contribution in [1.29, 1.82) is 0 Å². The molecule has 0 N–H and O–H groups in total. The maximum Gasteiger partial charge on any atom is 0.135 e. The highest BCUT2D eigenvalue weighted by atomic mass is 16.5. The normalized spacial score (nSPS) is 10.7. The van der Waals surface area contributed by atoms with Crippen molar-refractivity contribution in [3.63, 3.8) is 0 Å². The lowest BCUT2D eigenvalue weighted by Gasteiger charge is -2.15. The summed E-state index contributed by atoms with van der Waals surface area (Å²) in [6.07, 6.45) is 0. The molecule has 60 heavy (non-hydrogen) atoms. The first-order valence-corrected chi connectivity index (χ1v) is 19.5. The minimum Gasteiger partial charge on any atom is -0.457 e. The minimum absolute atomic E-state index is 0.642.